The summed E-state index contributed by atoms with van der Waals surface area (Å²) in [4.78, 5) is 9.30. The van der Waals surface area contributed by atoms with Gasteiger partial charge in [-0.1, -0.05) is 13.8 Å². The van der Waals surface area contributed by atoms with Crippen LogP contribution in [0, 0.1) is 9.49 Å². The third-order valence-corrected chi connectivity index (χ3v) is 3.78. The van der Waals surface area contributed by atoms with Crippen molar-refractivity contribution in [2.75, 3.05) is 12.4 Å². The standard InChI is InChI=1S/C12H18IN3/c1-7(2)6-9-15-11(8-4-5-8)10(13)12(14-3)16-9/h7-8H,4-6H2,1-3H3,(H,14,15,16). The van der Waals surface area contributed by atoms with E-state index in [1.54, 1.807) is 0 Å². The Morgan fingerprint density at radius 2 is 2.06 bits per heavy atom. The first kappa shape index (κ1) is 12.1. The molecular weight excluding hydrogens is 313 g/mol. The number of hydrogen-bond donors (Lipinski definition) is 1. The largest absolute Gasteiger partial charge is 0.372 e. The van der Waals surface area contributed by atoms with E-state index in [1.807, 2.05) is 7.05 Å². The van der Waals surface area contributed by atoms with E-state index < -0.39 is 0 Å². The van der Waals surface area contributed by atoms with Crippen LogP contribution in [0.3, 0.4) is 0 Å². The maximum absolute atomic E-state index is 4.72. The Bertz CT molecular complexity index is 386. The summed E-state index contributed by atoms with van der Waals surface area (Å²) in [5, 5.41) is 3.17. The molecule has 1 aliphatic carbocycles. The van der Waals surface area contributed by atoms with Crippen LogP contribution in [0.5, 0.6) is 0 Å². The van der Waals surface area contributed by atoms with Crippen LogP contribution in [0.25, 0.3) is 0 Å². The lowest BCUT2D eigenvalue weighted by molar-refractivity contribution is 0.617. The summed E-state index contributed by atoms with van der Waals surface area (Å²) in [5.74, 6) is 3.28. The average Bonchev–Trinajstić information content (AvgIpc) is 3.03. The van der Waals surface area contributed by atoms with Gasteiger partial charge in [0.15, 0.2) is 0 Å². The van der Waals surface area contributed by atoms with Crippen molar-refractivity contribution in [1.29, 1.82) is 0 Å². The summed E-state index contributed by atoms with van der Waals surface area (Å²) in [5.41, 5.74) is 1.26. The highest BCUT2D eigenvalue weighted by Gasteiger charge is 2.29. The molecule has 0 spiro atoms. The summed E-state index contributed by atoms with van der Waals surface area (Å²) in [6.45, 7) is 4.41. The van der Waals surface area contributed by atoms with Crippen LogP contribution in [-0.2, 0) is 6.42 Å². The van der Waals surface area contributed by atoms with E-state index in [1.165, 1.54) is 22.1 Å². The summed E-state index contributed by atoms with van der Waals surface area (Å²) >= 11 is 2.36. The molecule has 1 saturated carbocycles. The first-order valence-electron chi connectivity index (χ1n) is 5.86. The van der Waals surface area contributed by atoms with Gasteiger partial charge in [0.2, 0.25) is 0 Å². The SMILES string of the molecule is CNc1nc(CC(C)C)nc(C2CC2)c1I. The van der Waals surface area contributed by atoms with Crippen molar-refractivity contribution in [3.8, 4) is 0 Å². The minimum absolute atomic E-state index is 0.608. The van der Waals surface area contributed by atoms with E-state index in [2.05, 4.69) is 46.7 Å². The number of aromatic nitrogens is 2. The summed E-state index contributed by atoms with van der Waals surface area (Å²) < 4.78 is 1.20. The Hall–Kier alpha value is -0.390. The lowest BCUT2D eigenvalue weighted by Crippen LogP contribution is -2.09. The molecule has 1 fully saturated rings. The fraction of sp³-hybridized carbons (Fsp3) is 0.667. The average molecular weight is 331 g/mol. The van der Waals surface area contributed by atoms with Gasteiger partial charge in [0, 0.05) is 19.4 Å². The maximum Gasteiger partial charge on any atom is 0.143 e. The predicted molar refractivity (Wildman–Crippen MR) is 74.8 cm³/mol. The number of rotatable bonds is 4. The van der Waals surface area contributed by atoms with E-state index in [0.717, 1.165) is 18.1 Å². The Labute approximate surface area is 111 Å². The van der Waals surface area contributed by atoms with Gasteiger partial charge in [-0.3, -0.25) is 0 Å². The molecule has 0 amide bonds. The van der Waals surface area contributed by atoms with Crippen LogP contribution in [0.15, 0.2) is 0 Å². The molecule has 0 unspecified atom stereocenters. The fourth-order valence-electron chi connectivity index (χ4n) is 1.76. The maximum atomic E-state index is 4.72. The van der Waals surface area contributed by atoms with Gasteiger partial charge in [0.25, 0.3) is 0 Å². The van der Waals surface area contributed by atoms with Crippen LogP contribution in [0.1, 0.15) is 44.1 Å². The Morgan fingerprint density at radius 1 is 1.38 bits per heavy atom. The molecule has 1 aromatic heterocycles. The molecule has 1 N–H and O–H groups in total. The predicted octanol–water partition coefficient (Wildman–Crippen LogP) is 3.20. The zero-order valence-electron chi connectivity index (χ0n) is 10.0. The zero-order chi connectivity index (χ0) is 11.7. The highest BCUT2D eigenvalue weighted by molar-refractivity contribution is 14.1. The monoisotopic (exact) mass is 331 g/mol. The van der Waals surface area contributed by atoms with Crippen LogP contribution < -0.4 is 5.32 Å². The summed E-state index contributed by atoms with van der Waals surface area (Å²) in [6, 6.07) is 0. The van der Waals surface area contributed by atoms with Crippen molar-refractivity contribution in [1.82, 2.24) is 9.97 Å². The number of halogens is 1. The number of hydrogen-bond acceptors (Lipinski definition) is 3. The molecule has 0 bridgehead atoms. The molecule has 0 aliphatic heterocycles. The molecule has 0 radical (unpaired) electrons. The van der Waals surface area contributed by atoms with Gasteiger partial charge in [-0.05, 0) is 41.4 Å². The second-order valence-electron chi connectivity index (χ2n) is 4.81. The normalized spacial score (nSPS) is 15.6. The van der Waals surface area contributed by atoms with E-state index in [0.29, 0.717) is 11.8 Å². The van der Waals surface area contributed by atoms with Gasteiger partial charge in [0.05, 0.1) is 9.26 Å². The van der Waals surface area contributed by atoms with E-state index in [-0.39, 0.29) is 0 Å². The van der Waals surface area contributed by atoms with Gasteiger partial charge in [0.1, 0.15) is 11.6 Å². The second-order valence-corrected chi connectivity index (χ2v) is 5.89. The van der Waals surface area contributed by atoms with Crippen molar-refractivity contribution in [2.45, 2.75) is 39.0 Å². The molecule has 3 nitrogen and oxygen atoms in total. The van der Waals surface area contributed by atoms with Crippen LogP contribution in [0.2, 0.25) is 0 Å². The molecule has 2 rings (SSSR count). The second kappa shape index (κ2) is 4.85. The third-order valence-electron chi connectivity index (χ3n) is 2.71. The van der Waals surface area contributed by atoms with Crippen LogP contribution in [-0.4, -0.2) is 17.0 Å². The highest BCUT2D eigenvalue weighted by Crippen LogP contribution is 2.42. The molecule has 0 saturated heterocycles. The van der Waals surface area contributed by atoms with E-state index in [9.17, 15) is 0 Å². The van der Waals surface area contributed by atoms with Gasteiger partial charge in [-0.15, -0.1) is 0 Å². The number of nitrogens with zero attached hydrogens (tertiary/aromatic N) is 2. The first-order chi connectivity index (χ1) is 7.61. The Kier molecular flexibility index (Phi) is 3.66. The number of nitrogens with one attached hydrogen (secondary N) is 1. The van der Waals surface area contributed by atoms with Crippen molar-refractivity contribution in [3.05, 3.63) is 15.1 Å². The van der Waals surface area contributed by atoms with E-state index >= 15 is 0 Å². The van der Waals surface area contributed by atoms with Crippen LogP contribution in [0.4, 0.5) is 5.82 Å². The van der Waals surface area contributed by atoms with Gasteiger partial charge in [-0.25, -0.2) is 9.97 Å². The minimum atomic E-state index is 0.608. The third kappa shape index (κ3) is 2.64. The summed E-state index contributed by atoms with van der Waals surface area (Å²) in [6.07, 6.45) is 3.54. The molecular formula is C12H18IN3. The molecule has 1 heterocycles. The molecule has 0 atom stereocenters. The molecule has 4 heteroatoms. The lowest BCUT2D eigenvalue weighted by atomic mass is 10.1. The molecule has 0 aromatic carbocycles. The van der Waals surface area contributed by atoms with Crippen molar-refractivity contribution in [3.63, 3.8) is 0 Å². The van der Waals surface area contributed by atoms with Gasteiger partial charge in [-0.2, -0.15) is 0 Å². The van der Waals surface area contributed by atoms with Gasteiger partial charge >= 0.3 is 0 Å². The molecule has 88 valence electrons. The Morgan fingerprint density at radius 3 is 2.56 bits per heavy atom. The molecule has 16 heavy (non-hydrogen) atoms. The molecule has 1 aliphatic rings. The van der Waals surface area contributed by atoms with Crippen LogP contribution >= 0.6 is 22.6 Å². The minimum Gasteiger partial charge on any atom is -0.372 e. The van der Waals surface area contributed by atoms with Gasteiger partial charge < -0.3 is 5.32 Å². The Balaban J connectivity index is 2.35. The van der Waals surface area contributed by atoms with Crippen molar-refractivity contribution in [2.24, 2.45) is 5.92 Å². The highest BCUT2D eigenvalue weighted by atomic mass is 127. The quantitative estimate of drug-likeness (QED) is 0.861. The van der Waals surface area contributed by atoms with Crippen molar-refractivity contribution >= 4 is 28.4 Å². The summed E-state index contributed by atoms with van der Waals surface area (Å²) in [7, 11) is 1.93. The topological polar surface area (TPSA) is 37.8 Å². The lowest BCUT2D eigenvalue weighted by Gasteiger charge is -2.11. The first-order valence-corrected chi connectivity index (χ1v) is 6.93. The van der Waals surface area contributed by atoms with Crippen molar-refractivity contribution < 1.29 is 0 Å². The number of anilines is 1. The fourth-order valence-corrected chi connectivity index (χ4v) is 2.71. The molecule has 1 aromatic rings. The zero-order valence-corrected chi connectivity index (χ0v) is 12.2. The van der Waals surface area contributed by atoms with E-state index in [4.69, 9.17) is 4.98 Å². The smallest absolute Gasteiger partial charge is 0.143 e.